The third-order valence-corrected chi connectivity index (χ3v) is 6.19. The molecule has 0 spiro atoms. The number of hydrogen-bond acceptors (Lipinski definition) is 2. The Morgan fingerprint density at radius 3 is 1.45 bits per heavy atom. The van der Waals surface area contributed by atoms with E-state index >= 15 is 0 Å². The van der Waals surface area contributed by atoms with Crippen molar-refractivity contribution in [2.24, 2.45) is 0 Å². The molecule has 0 heterocycles. The van der Waals surface area contributed by atoms with Crippen LogP contribution in [0.1, 0.15) is 44.7 Å². The molecule has 0 unspecified atom stereocenters. The zero-order valence-electron chi connectivity index (χ0n) is 10.3. The summed E-state index contributed by atoms with van der Waals surface area (Å²) in [7, 11) is 0. The molecule has 0 N–H and O–H groups in total. The van der Waals surface area contributed by atoms with Crippen molar-refractivity contribution in [3.63, 3.8) is 0 Å². The standard InChI is InChI=1S/C16H8Br2O2/c17-15-9-3-1-7-11(19)5-6-12(20)8-2-4-10(16(15)18)14(9)13(7)8/h1-4H,5-6H2. The van der Waals surface area contributed by atoms with E-state index < -0.39 is 0 Å². The van der Waals surface area contributed by atoms with Gasteiger partial charge in [0.2, 0.25) is 0 Å². The highest BCUT2D eigenvalue weighted by molar-refractivity contribution is 9.18. The van der Waals surface area contributed by atoms with Gasteiger partial charge in [-0.15, -0.1) is 0 Å². The number of halogens is 2. The number of rotatable bonds is 0. The third kappa shape index (κ3) is 1.44. The van der Waals surface area contributed by atoms with Crippen LogP contribution in [0.15, 0.2) is 24.3 Å². The van der Waals surface area contributed by atoms with E-state index in [1.54, 1.807) is 0 Å². The fraction of sp³-hybridized carbons (Fsp3) is 0.125. The van der Waals surface area contributed by atoms with E-state index in [1.807, 2.05) is 24.3 Å². The van der Waals surface area contributed by atoms with Crippen molar-refractivity contribution in [3.8, 4) is 0 Å². The molecule has 4 heteroatoms. The van der Waals surface area contributed by atoms with Crippen LogP contribution in [0.4, 0.5) is 0 Å². The van der Waals surface area contributed by atoms with Crippen LogP contribution in [0.25, 0.3) is 19.7 Å². The number of carbonyl (C=O) groups is 2. The van der Waals surface area contributed by atoms with E-state index in [1.165, 1.54) is 0 Å². The number of hydrogen-bond donors (Lipinski definition) is 0. The van der Waals surface area contributed by atoms with Crippen LogP contribution in [-0.2, 0) is 0 Å². The van der Waals surface area contributed by atoms with Crippen molar-refractivity contribution >= 4 is 63.2 Å². The first-order valence-corrected chi connectivity index (χ1v) is 7.90. The fourth-order valence-electron chi connectivity index (χ4n) is 3.06. The smallest absolute Gasteiger partial charge is 0.163 e. The second-order valence-electron chi connectivity index (χ2n) is 5.05. The van der Waals surface area contributed by atoms with Crippen molar-refractivity contribution in [2.45, 2.75) is 12.8 Å². The molecule has 2 aliphatic carbocycles. The molecule has 2 aliphatic rings. The van der Waals surface area contributed by atoms with E-state index in [-0.39, 0.29) is 11.6 Å². The van der Waals surface area contributed by atoms with Crippen molar-refractivity contribution in [1.82, 2.24) is 0 Å². The lowest BCUT2D eigenvalue weighted by Gasteiger charge is -2.09. The van der Waals surface area contributed by atoms with Crippen molar-refractivity contribution in [2.75, 3.05) is 0 Å². The zero-order valence-corrected chi connectivity index (χ0v) is 13.5. The maximum atomic E-state index is 12.3. The minimum atomic E-state index is 0.0555. The van der Waals surface area contributed by atoms with Gasteiger partial charge in [0, 0.05) is 38.3 Å². The van der Waals surface area contributed by atoms with E-state index in [0.717, 1.165) is 30.9 Å². The van der Waals surface area contributed by atoms with Gasteiger partial charge in [-0.05, 0) is 48.4 Å². The second kappa shape index (κ2) is 4.12. The minimum Gasteiger partial charge on any atom is -0.294 e. The Labute approximate surface area is 132 Å². The summed E-state index contributed by atoms with van der Waals surface area (Å²) in [6.07, 6.45) is 0.597. The topological polar surface area (TPSA) is 34.1 Å². The molecule has 0 fully saturated rings. The number of Topliss-reactive ketones (excluding diaryl/α,β-unsaturated/α-hetero) is 2. The first-order chi connectivity index (χ1) is 9.59. The predicted molar refractivity (Wildman–Crippen MR) is 86.5 cm³/mol. The van der Waals surface area contributed by atoms with E-state index in [9.17, 15) is 9.59 Å². The third-order valence-electron chi connectivity index (χ3n) is 4.01. The Kier molecular flexibility index (Phi) is 2.57. The number of benzene rings is 2. The van der Waals surface area contributed by atoms with Crippen LogP contribution in [0.5, 0.6) is 0 Å². The Balaban J connectivity index is 2.26. The molecule has 98 valence electrons. The van der Waals surface area contributed by atoms with E-state index in [2.05, 4.69) is 31.9 Å². The van der Waals surface area contributed by atoms with Gasteiger partial charge >= 0.3 is 0 Å². The Morgan fingerprint density at radius 2 is 1.00 bits per heavy atom. The first kappa shape index (κ1) is 12.5. The molecule has 0 aromatic heterocycles. The van der Waals surface area contributed by atoms with Crippen LogP contribution in [0.3, 0.4) is 0 Å². The summed E-state index contributed by atoms with van der Waals surface area (Å²) in [6.45, 7) is 0. The van der Waals surface area contributed by atoms with E-state index in [0.29, 0.717) is 24.0 Å². The van der Waals surface area contributed by atoms with Gasteiger partial charge in [-0.2, -0.15) is 0 Å². The molecular weight excluding hydrogens is 384 g/mol. The second-order valence-corrected chi connectivity index (χ2v) is 6.63. The van der Waals surface area contributed by atoms with Crippen LogP contribution >= 0.6 is 31.9 Å². The van der Waals surface area contributed by atoms with Crippen molar-refractivity contribution in [1.29, 1.82) is 0 Å². The average molecular weight is 392 g/mol. The van der Waals surface area contributed by atoms with E-state index in [4.69, 9.17) is 0 Å². The molecule has 2 aromatic carbocycles. The molecular formula is C16H8Br2O2. The van der Waals surface area contributed by atoms with Gasteiger partial charge in [0.05, 0.1) is 0 Å². The van der Waals surface area contributed by atoms with Crippen LogP contribution in [0, 0.1) is 0 Å². The van der Waals surface area contributed by atoms with Gasteiger partial charge in [0.25, 0.3) is 0 Å². The quantitative estimate of drug-likeness (QED) is 0.638. The summed E-state index contributed by atoms with van der Waals surface area (Å²) in [4.78, 5) is 24.5. The molecule has 0 amide bonds. The lowest BCUT2D eigenvalue weighted by atomic mass is 9.93. The highest BCUT2D eigenvalue weighted by Gasteiger charge is 2.29. The highest BCUT2D eigenvalue weighted by atomic mass is 79.9. The largest absolute Gasteiger partial charge is 0.294 e. The highest BCUT2D eigenvalue weighted by Crippen LogP contribution is 2.49. The number of carbonyl (C=O) groups excluding carboxylic acids is 2. The normalized spacial score (nSPS) is 17.1. The molecule has 20 heavy (non-hydrogen) atoms. The lowest BCUT2D eigenvalue weighted by molar-refractivity contribution is 0.0925. The monoisotopic (exact) mass is 390 g/mol. The fourth-order valence-corrected chi connectivity index (χ4v) is 4.15. The molecule has 0 bridgehead atoms. The van der Waals surface area contributed by atoms with Gasteiger partial charge in [0.1, 0.15) is 0 Å². The van der Waals surface area contributed by atoms with Crippen molar-refractivity contribution in [3.05, 3.63) is 46.5 Å². The molecule has 0 atom stereocenters. The summed E-state index contributed by atoms with van der Waals surface area (Å²) in [5.74, 6) is 0.111. The molecule has 4 rings (SSSR count). The van der Waals surface area contributed by atoms with Gasteiger partial charge in [-0.1, -0.05) is 24.3 Å². The Hall–Kier alpha value is -1.26. The molecule has 0 saturated carbocycles. The molecule has 0 aliphatic heterocycles. The maximum Gasteiger partial charge on any atom is 0.163 e. The molecule has 2 nitrogen and oxygen atoms in total. The molecule has 0 saturated heterocycles. The molecule has 2 aromatic rings. The lowest BCUT2D eigenvalue weighted by Crippen LogP contribution is -1.98. The maximum absolute atomic E-state index is 12.3. The van der Waals surface area contributed by atoms with Gasteiger partial charge < -0.3 is 0 Å². The minimum absolute atomic E-state index is 0.0555. The molecule has 0 radical (unpaired) electrons. The summed E-state index contributed by atoms with van der Waals surface area (Å²) in [6, 6.07) is 7.60. The summed E-state index contributed by atoms with van der Waals surface area (Å²) < 4.78 is 1.95. The van der Waals surface area contributed by atoms with Gasteiger partial charge in [-0.25, -0.2) is 0 Å². The summed E-state index contributed by atoms with van der Waals surface area (Å²) in [5.41, 5.74) is 3.42. The van der Waals surface area contributed by atoms with Gasteiger partial charge in [0.15, 0.2) is 11.6 Å². The first-order valence-electron chi connectivity index (χ1n) is 6.31. The van der Waals surface area contributed by atoms with Crippen LogP contribution < -0.4 is 0 Å². The van der Waals surface area contributed by atoms with Gasteiger partial charge in [-0.3, -0.25) is 9.59 Å². The SMILES string of the molecule is O=C1CCC(=O)c2ccc3c4c(ccc1c24)C(Br)=C3Br. The van der Waals surface area contributed by atoms with Crippen LogP contribution in [-0.4, -0.2) is 11.6 Å². The summed E-state index contributed by atoms with van der Waals surface area (Å²) in [5, 5.41) is 1.82. The van der Waals surface area contributed by atoms with Crippen molar-refractivity contribution < 1.29 is 9.59 Å². The Morgan fingerprint density at radius 1 is 0.650 bits per heavy atom. The summed E-state index contributed by atoms with van der Waals surface area (Å²) >= 11 is 7.16. The average Bonchev–Trinajstić information content (AvgIpc) is 2.63. The Bertz CT molecular complexity index is 796. The number of ketones is 2. The zero-order chi connectivity index (χ0) is 14.0. The predicted octanol–water partition coefficient (Wildman–Crippen LogP) is 4.93. The van der Waals surface area contributed by atoms with Crippen LogP contribution in [0.2, 0.25) is 0 Å².